The zero-order valence-electron chi connectivity index (χ0n) is 21.5. The average Bonchev–Trinajstić information content (AvgIpc) is 2.87. The Hall–Kier alpha value is -3.31. The van der Waals surface area contributed by atoms with Crippen LogP contribution in [0.5, 0.6) is 5.75 Å². The maximum atomic E-state index is 13.6. The van der Waals surface area contributed by atoms with Crippen LogP contribution in [0.3, 0.4) is 0 Å². The van der Waals surface area contributed by atoms with Gasteiger partial charge < -0.3 is 15.0 Å². The minimum atomic E-state index is -0.677. The SMILES string of the molecule is CCCNC(=O)C(Cc1ccccc1)N(Cc1cccc(C)c1)C(=O)COc1cc(C)c(Cl)c(C)c1. The van der Waals surface area contributed by atoms with E-state index in [0.717, 1.165) is 34.2 Å². The van der Waals surface area contributed by atoms with Gasteiger partial charge in [-0.05, 0) is 61.6 Å². The van der Waals surface area contributed by atoms with Crippen molar-refractivity contribution in [2.45, 2.75) is 53.1 Å². The number of hydrogen-bond acceptors (Lipinski definition) is 3. The van der Waals surface area contributed by atoms with Crippen molar-refractivity contribution in [2.24, 2.45) is 0 Å². The van der Waals surface area contributed by atoms with Crippen LogP contribution in [0.4, 0.5) is 0 Å². The van der Waals surface area contributed by atoms with Crippen molar-refractivity contribution in [1.82, 2.24) is 10.2 Å². The van der Waals surface area contributed by atoms with E-state index in [0.29, 0.717) is 30.3 Å². The highest BCUT2D eigenvalue weighted by atomic mass is 35.5. The number of rotatable bonds is 11. The molecule has 2 amide bonds. The van der Waals surface area contributed by atoms with Crippen LogP contribution >= 0.6 is 11.6 Å². The van der Waals surface area contributed by atoms with E-state index >= 15 is 0 Å². The molecule has 5 nitrogen and oxygen atoms in total. The second-order valence-electron chi connectivity index (χ2n) is 9.17. The summed E-state index contributed by atoms with van der Waals surface area (Å²) >= 11 is 6.29. The summed E-state index contributed by atoms with van der Waals surface area (Å²) in [7, 11) is 0. The summed E-state index contributed by atoms with van der Waals surface area (Å²) < 4.78 is 5.91. The molecule has 190 valence electrons. The molecule has 0 aromatic heterocycles. The van der Waals surface area contributed by atoms with Crippen LogP contribution in [0, 0.1) is 20.8 Å². The number of aryl methyl sites for hydroxylation is 3. The molecule has 36 heavy (non-hydrogen) atoms. The molecule has 0 bridgehead atoms. The molecule has 0 saturated heterocycles. The number of carbonyl (C=O) groups excluding carboxylic acids is 2. The highest BCUT2D eigenvalue weighted by Gasteiger charge is 2.30. The van der Waals surface area contributed by atoms with Crippen LogP contribution in [-0.4, -0.2) is 35.9 Å². The molecule has 1 N–H and O–H groups in total. The van der Waals surface area contributed by atoms with E-state index in [2.05, 4.69) is 5.32 Å². The molecular weight excluding hydrogens is 472 g/mol. The average molecular weight is 507 g/mol. The maximum Gasteiger partial charge on any atom is 0.261 e. The molecule has 0 aliphatic rings. The predicted molar refractivity (Wildman–Crippen MR) is 145 cm³/mol. The minimum absolute atomic E-state index is 0.167. The first-order valence-corrected chi connectivity index (χ1v) is 12.7. The van der Waals surface area contributed by atoms with Gasteiger partial charge in [-0.15, -0.1) is 0 Å². The summed E-state index contributed by atoms with van der Waals surface area (Å²) in [6.45, 7) is 8.50. The number of amides is 2. The number of nitrogens with zero attached hydrogens (tertiary/aromatic N) is 1. The summed E-state index contributed by atoms with van der Waals surface area (Å²) in [5.41, 5.74) is 4.82. The van der Waals surface area contributed by atoms with Gasteiger partial charge in [-0.2, -0.15) is 0 Å². The second kappa shape index (κ2) is 13.1. The summed E-state index contributed by atoms with van der Waals surface area (Å²) in [6.07, 6.45) is 1.22. The lowest BCUT2D eigenvalue weighted by Gasteiger charge is -2.31. The van der Waals surface area contributed by atoms with Crippen molar-refractivity contribution in [1.29, 1.82) is 0 Å². The highest BCUT2D eigenvalue weighted by molar-refractivity contribution is 6.32. The van der Waals surface area contributed by atoms with Crippen LogP contribution in [0.15, 0.2) is 66.7 Å². The van der Waals surface area contributed by atoms with E-state index in [-0.39, 0.29) is 18.4 Å². The van der Waals surface area contributed by atoms with Gasteiger partial charge >= 0.3 is 0 Å². The number of nitrogens with one attached hydrogen (secondary N) is 1. The number of hydrogen-bond donors (Lipinski definition) is 1. The Bertz CT molecular complexity index is 1160. The van der Waals surface area contributed by atoms with Crippen LogP contribution in [-0.2, 0) is 22.6 Å². The Morgan fingerprint density at radius 3 is 2.25 bits per heavy atom. The molecule has 6 heteroatoms. The lowest BCUT2D eigenvalue weighted by atomic mass is 10.0. The smallest absolute Gasteiger partial charge is 0.261 e. The molecule has 0 radical (unpaired) electrons. The second-order valence-corrected chi connectivity index (χ2v) is 9.54. The zero-order chi connectivity index (χ0) is 26.1. The van der Waals surface area contributed by atoms with Gasteiger partial charge in [-0.3, -0.25) is 9.59 Å². The van der Waals surface area contributed by atoms with E-state index < -0.39 is 6.04 Å². The maximum absolute atomic E-state index is 13.6. The van der Waals surface area contributed by atoms with Crippen LogP contribution in [0.1, 0.15) is 41.2 Å². The van der Waals surface area contributed by atoms with Gasteiger partial charge in [0.1, 0.15) is 11.8 Å². The first-order chi connectivity index (χ1) is 17.3. The topological polar surface area (TPSA) is 58.6 Å². The fraction of sp³-hybridized carbons (Fsp3) is 0.333. The molecule has 3 rings (SSSR count). The summed E-state index contributed by atoms with van der Waals surface area (Å²) in [5.74, 6) is 0.155. The van der Waals surface area contributed by atoms with Crippen molar-refractivity contribution in [3.8, 4) is 5.75 Å². The van der Waals surface area contributed by atoms with Gasteiger partial charge in [-0.25, -0.2) is 0 Å². The number of benzene rings is 3. The zero-order valence-corrected chi connectivity index (χ0v) is 22.3. The number of carbonyl (C=O) groups is 2. The van der Waals surface area contributed by atoms with Crippen molar-refractivity contribution in [2.75, 3.05) is 13.2 Å². The van der Waals surface area contributed by atoms with E-state index in [4.69, 9.17) is 16.3 Å². The van der Waals surface area contributed by atoms with Gasteiger partial charge in [0.2, 0.25) is 5.91 Å². The minimum Gasteiger partial charge on any atom is -0.484 e. The Kier molecular flexibility index (Phi) is 9.95. The molecule has 0 aliphatic heterocycles. The largest absolute Gasteiger partial charge is 0.484 e. The summed E-state index contributed by atoms with van der Waals surface area (Å²) in [5, 5.41) is 3.68. The Morgan fingerprint density at radius 2 is 1.61 bits per heavy atom. The van der Waals surface area contributed by atoms with Gasteiger partial charge in [0.05, 0.1) is 0 Å². The van der Waals surface area contributed by atoms with E-state index in [1.54, 1.807) is 4.90 Å². The third-order valence-electron chi connectivity index (χ3n) is 6.03. The first kappa shape index (κ1) is 27.3. The molecule has 1 atom stereocenters. The van der Waals surface area contributed by atoms with Crippen molar-refractivity contribution >= 4 is 23.4 Å². The standard InChI is InChI=1S/C30H35ClN2O3/c1-5-14-32-30(35)27(18-24-11-7-6-8-12-24)33(19-25-13-9-10-21(2)15-25)28(34)20-36-26-16-22(3)29(31)23(4)17-26/h6-13,15-17,27H,5,14,18-20H2,1-4H3,(H,32,35). The first-order valence-electron chi connectivity index (χ1n) is 12.3. The summed E-state index contributed by atoms with van der Waals surface area (Å²) in [4.78, 5) is 28.6. The van der Waals surface area contributed by atoms with Crippen molar-refractivity contribution in [3.05, 3.63) is 99.6 Å². The van der Waals surface area contributed by atoms with E-state index in [1.807, 2.05) is 94.4 Å². The van der Waals surface area contributed by atoms with Gasteiger partial charge in [-0.1, -0.05) is 78.7 Å². The molecule has 3 aromatic rings. The third kappa shape index (κ3) is 7.59. The predicted octanol–water partition coefficient (Wildman–Crippen LogP) is 5.81. The molecule has 0 spiro atoms. The number of ether oxygens (including phenoxy) is 1. The van der Waals surface area contributed by atoms with Gasteiger partial charge in [0, 0.05) is 24.5 Å². The molecule has 0 saturated carbocycles. The van der Waals surface area contributed by atoms with Crippen molar-refractivity contribution in [3.63, 3.8) is 0 Å². The fourth-order valence-electron chi connectivity index (χ4n) is 4.14. The molecule has 1 unspecified atom stereocenters. The van der Waals surface area contributed by atoms with E-state index in [9.17, 15) is 9.59 Å². The monoisotopic (exact) mass is 506 g/mol. The third-order valence-corrected chi connectivity index (χ3v) is 6.62. The highest BCUT2D eigenvalue weighted by Crippen LogP contribution is 2.26. The molecule has 0 fully saturated rings. The Labute approximate surface area is 219 Å². The molecule has 3 aromatic carbocycles. The molecule has 0 heterocycles. The lowest BCUT2D eigenvalue weighted by Crippen LogP contribution is -2.51. The number of halogens is 1. The van der Waals surface area contributed by atoms with Crippen LogP contribution in [0.25, 0.3) is 0 Å². The van der Waals surface area contributed by atoms with Gasteiger partial charge in [0.25, 0.3) is 5.91 Å². The van der Waals surface area contributed by atoms with Crippen LogP contribution in [0.2, 0.25) is 5.02 Å². The quantitative estimate of drug-likeness (QED) is 0.357. The van der Waals surface area contributed by atoms with Gasteiger partial charge in [0.15, 0.2) is 6.61 Å². The molecule has 0 aliphatic carbocycles. The van der Waals surface area contributed by atoms with E-state index in [1.165, 1.54) is 0 Å². The fourth-order valence-corrected chi connectivity index (χ4v) is 4.25. The summed E-state index contributed by atoms with van der Waals surface area (Å²) in [6, 6.07) is 20.7. The van der Waals surface area contributed by atoms with Crippen LogP contribution < -0.4 is 10.1 Å². The lowest BCUT2D eigenvalue weighted by molar-refractivity contribution is -0.142. The van der Waals surface area contributed by atoms with Crippen molar-refractivity contribution < 1.29 is 14.3 Å². The Balaban J connectivity index is 1.91. The Morgan fingerprint density at radius 1 is 0.944 bits per heavy atom. The molecular formula is C30H35ClN2O3. The normalized spacial score (nSPS) is 11.6.